The van der Waals surface area contributed by atoms with Gasteiger partial charge in [-0.1, -0.05) is 90.7 Å². The van der Waals surface area contributed by atoms with Crippen LogP contribution in [-0.2, 0) is 27.5 Å². The Hall–Kier alpha value is -4.28. The molecule has 1 heterocycles. The molecule has 7 heteroatoms. The normalized spacial score (nSPS) is 11.1. The third kappa shape index (κ3) is 6.85. The monoisotopic (exact) mass is 485 g/mol. The molecule has 0 bridgehead atoms. The van der Waals surface area contributed by atoms with Gasteiger partial charge in [-0.2, -0.15) is 0 Å². The minimum atomic E-state index is -1.03. The van der Waals surface area contributed by atoms with Gasteiger partial charge in [-0.3, -0.25) is 4.84 Å². The van der Waals surface area contributed by atoms with Crippen LogP contribution in [0.4, 0.5) is 9.59 Å². The molecule has 1 atom stereocenters. The van der Waals surface area contributed by atoms with Crippen LogP contribution in [-0.4, -0.2) is 23.4 Å². The van der Waals surface area contributed by atoms with E-state index in [2.05, 4.69) is 11.8 Å². The lowest BCUT2D eigenvalue weighted by atomic mass is 10.2. The van der Waals surface area contributed by atoms with Gasteiger partial charge in [0.15, 0.2) is 0 Å². The van der Waals surface area contributed by atoms with Gasteiger partial charge in [0.1, 0.15) is 19.3 Å². The van der Waals surface area contributed by atoms with E-state index in [1.165, 1.54) is 0 Å². The fourth-order valence-electron chi connectivity index (χ4n) is 3.16. The maximum Gasteiger partial charge on any atom is 0.533 e. The topological polar surface area (TPSA) is 65.1 Å². The molecule has 3 aromatic carbocycles. The summed E-state index contributed by atoms with van der Waals surface area (Å²) >= 11 is 1.55. The second-order valence-corrected chi connectivity index (χ2v) is 8.66. The smallest absolute Gasteiger partial charge is 0.442 e. The van der Waals surface area contributed by atoms with Gasteiger partial charge in [0.25, 0.3) is 0 Å². The minimum Gasteiger partial charge on any atom is -0.442 e. The molecule has 0 aliphatic carbocycles. The van der Waals surface area contributed by atoms with E-state index in [4.69, 9.17) is 14.3 Å². The molecule has 0 saturated heterocycles. The summed E-state index contributed by atoms with van der Waals surface area (Å²) in [5.41, 5.74) is 1.59. The highest BCUT2D eigenvalue weighted by Gasteiger charge is 2.26. The number of amides is 1. The highest BCUT2D eigenvalue weighted by molar-refractivity contribution is 7.19. The van der Waals surface area contributed by atoms with Gasteiger partial charge in [0.2, 0.25) is 0 Å². The summed E-state index contributed by atoms with van der Waals surface area (Å²) in [5, 5.41) is 1.89. The summed E-state index contributed by atoms with van der Waals surface area (Å²) in [4.78, 5) is 31.3. The summed E-state index contributed by atoms with van der Waals surface area (Å²) in [6.45, 7) is 1.68. The van der Waals surface area contributed by atoms with Gasteiger partial charge < -0.3 is 9.47 Å². The molecule has 35 heavy (non-hydrogen) atoms. The number of fused-ring (bicyclic) bond motifs is 1. The fraction of sp³-hybridized carbons (Fsp3) is 0.143. The number of benzene rings is 3. The molecular weight excluding hydrogens is 462 g/mol. The van der Waals surface area contributed by atoms with E-state index >= 15 is 0 Å². The number of carbonyl (C=O) groups is 2. The first kappa shape index (κ1) is 23.9. The lowest BCUT2D eigenvalue weighted by Gasteiger charge is -2.22. The van der Waals surface area contributed by atoms with Crippen molar-refractivity contribution in [2.24, 2.45) is 0 Å². The average Bonchev–Trinajstić information content (AvgIpc) is 3.32. The molecule has 0 aliphatic heterocycles. The van der Waals surface area contributed by atoms with Crippen LogP contribution in [0.3, 0.4) is 0 Å². The molecule has 176 valence electrons. The maximum absolute atomic E-state index is 12.8. The van der Waals surface area contributed by atoms with E-state index in [1.807, 2.05) is 91.0 Å². The van der Waals surface area contributed by atoms with Crippen LogP contribution in [0, 0.1) is 11.8 Å². The number of hydrogen-bond donors (Lipinski definition) is 0. The van der Waals surface area contributed by atoms with Crippen LogP contribution in [0.25, 0.3) is 10.1 Å². The molecule has 4 rings (SSSR count). The summed E-state index contributed by atoms with van der Waals surface area (Å²) in [6, 6.07) is 27.6. The Morgan fingerprint density at radius 3 is 2.11 bits per heavy atom. The number of ether oxygens (including phenoxy) is 2. The van der Waals surface area contributed by atoms with E-state index in [0.29, 0.717) is 0 Å². The Bertz CT molecular complexity index is 1310. The van der Waals surface area contributed by atoms with Crippen LogP contribution in [0.15, 0.2) is 91.0 Å². The van der Waals surface area contributed by atoms with Crippen molar-refractivity contribution in [2.45, 2.75) is 26.2 Å². The van der Waals surface area contributed by atoms with E-state index in [9.17, 15) is 9.59 Å². The van der Waals surface area contributed by atoms with Crippen molar-refractivity contribution >= 4 is 33.7 Å². The highest BCUT2D eigenvalue weighted by Crippen LogP contribution is 2.24. The quantitative estimate of drug-likeness (QED) is 0.182. The highest BCUT2D eigenvalue weighted by atomic mass is 32.1. The lowest BCUT2D eigenvalue weighted by molar-refractivity contribution is -0.123. The van der Waals surface area contributed by atoms with Crippen LogP contribution in [0.5, 0.6) is 0 Å². The van der Waals surface area contributed by atoms with E-state index < -0.39 is 18.3 Å². The number of rotatable bonds is 5. The zero-order chi connectivity index (χ0) is 24.5. The predicted molar refractivity (Wildman–Crippen MR) is 134 cm³/mol. The summed E-state index contributed by atoms with van der Waals surface area (Å²) < 4.78 is 11.6. The number of carbonyl (C=O) groups excluding carboxylic acids is 2. The minimum absolute atomic E-state index is 0.00835. The molecule has 0 spiro atoms. The second kappa shape index (κ2) is 11.7. The standard InChI is InChI=1S/C28H23NO5S/c1-21(16-17-25-18-24-14-8-9-15-26(24)35-25)29(27(30)32-19-22-10-4-2-5-11-22)34-28(31)33-20-23-12-6-3-7-13-23/h2-15,18,21H,19-20H2,1H3. The van der Waals surface area contributed by atoms with Crippen molar-refractivity contribution in [1.82, 2.24) is 5.06 Å². The molecule has 1 unspecified atom stereocenters. The molecular formula is C28H23NO5S. The number of nitrogens with zero attached hydrogens (tertiary/aromatic N) is 1. The molecule has 0 N–H and O–H groups in total. The molecule has 0 aliphatic rings. The first-order valence-electron chi connectivity index (χ1n) is 11.0. The fourth-order valence-corrected chi connectivity index (χ4v) is 4.08. The van der Waals surface area contributed by atoms with Crippen molar-refractivity contribution in [2.75, 3.05) is 0 Å². The van der Waals surface area contributed by atoms with Gasteiger partial charge in [-0.15, -0.1) is 16.4 Å². The summed E-state index contributed by atoms with van der Waals surface area (Å²) in [5.74, 6) is 6.03. The summed E-state index contributed by atoms with van der Waals surface area (Å²) in [7, 11) is 0. The number of hydroxylamine groups is 2. The third-order valence-corrected chi connectivity index (χ3v) is 5.97. The Balaban J connectivity index is 1.45. The van der Waals surface area contributed by atoms with Gasteiger partial charge >= 0.3 is 12.2 Å². The Kier molecular flexibility index (Phi) is 8.00. The number of hydrogen-bond acceptors (Lipinski definition) is 6. The van der Waals surface area contributed by atoms with Gasteiger partial charge in [-0.05, 0) is 35.6 Å². The van der Waals surface area contributed by atoms with Crippen LogP contribution >= 0.6 is 11.3 Å². The van der Waals surface area contributed by atoms with Crippen molar-refractivity contribution in [3.05, 3.63) is 107 Å². The van der Waals surface area contributed by atoms with E-state index in [1.54, 1.807) is 18.3 Å². The van der Waals surface area contributed by atoms with Gasteiger partial charge in [0, 0.05) is 4.70 Å². The molecule has 0 radical (unpaired) electrons. The largest absolute Gasteiger partial charge is 0.533 e. The van der Waals surface area contributed by atoms with Crippen molar-refractivity contribution in [3.63, 3.8) is 0 Å². The van der Waals surface area contributed by atoms with Crippen molar-refractivity contribution < 1.29 is 23.9 Å². The molecule has 1 aromatic heterocycles. The molecule has 0 fully saturated rings. The predicted octanol–water partition coefficient (Wildman–Crippen LogP) is 6.55. The molecule has 4 aromatic rings. The molecule has 6 nitrogen and oxygen atoms in total. The first-order chi connectivity index (χ1) is 17.1. The maximum atomic E-state index is 12.8. The molecule has 0 saturated carbocycles. The lowest BCUT2D eigenvalue weighted by Crippen LogP contribution is -2.40. The van der Waals surface area contributed by atoms with E-state index in [-0.39, 0.29) is 13.2 Å². The number of thiophene rings is 1. The Morgan fingerprint density at radius 1 is 0.857 bits per heavy atom. The Labute approximate surface area is 207 Å². The van der Waals surface area contributed by atoms with Gasteiger partial charge in [-0.25, -0.2) is 9.59 Å². The summed E-state index contributed by atoms with van der Waals surface area (Å²) in [6.07, 6.45) is -1.87. The second-order valence-electron chi connectivity index (χ2n) is 7.58. The van der Waals surface area contributed by atoms with Crippen LogP contribution in [0.2, 0.25) is 0 Å². The van der Waals surface area contributed by atoms with Crippen molar-refractivity contribution in [1.29, 1.82) is 0 Å². The van der Waals surface area contributed by atoms with Crippen LogP contribution in [0.1, 0.15) is 22.9 Å². The van der Waals surface area contributed by atoms with E-state index in [0.717, 1.165) is 31.2 Å². The molecule has 1 amide bonds. The zero-order valence-corrected chi connectivity index (χ0v) is 19.9. The SMILES string of the molecule is CC(C#Cc1cc2ccccc2s1)N(OC(=O)OCc1ccccc1)C(=O)OCc1ccccc1. The zero-order valence-electron chi connectivity index (χ0n) is 19.0. The average molecular weight is 486 g/mol. The first-order valence-corrected chi connectivity index (χ1v) is 11.8. The van der Waals surface area contributed by atoms with Crippen molar-refractivity contribution in [3.8, 4) is 11.8 Å². The Morgan fingerprint density at radius 2 is 1.46 bits per heavy atom. The third-order valence-electron chi connectivity index (χ3n) is 4.94. The van der Waals surface area contributed by atoms with Gasteiger partial charge in [0.05, 0.1) is 4.88 Å². The van der Waals surface area contributed by atoms with Crippen LogP contribution < -0.4 is 0 Å².